The Bertz CT molecular complexity index is 501. The lowest BCUT2D eigenvalue weighted by Gasteiger charge is -2.27. The highest BCUT2D eigenvalue weighted by molar-refractivity contribution is 5.42. The van der Waals surface area contributed by atoms with Crippen molar-refractivity contribution in [3.8, 4) is 0 Å². The van der Waals surface area contributed by atoms with Gasteiger partial charge in [-0.2, -0.15) is 4.98 Å². The number of rotatable bonds is 11. The average Bonchev–Trinajstić information content (AvgIpc) is 2.54. The van der Waals surface area contributed by atoms with Crippen LogP contribution in [0.5, 0.6) is 0 Å². The number of nitrogen functional groups attached to an aromatic ring is 1. The number of hydrogen-bond donors (Lipinski definition) is 1. The van der Waals surface area contributed by atoms with Gasteiger partial charge in [-0.1, -0.05) is 19.9 Å². The zero-order chi connectivity index (χ0) is 18.0. The van der Waals surface area contributed by atoms with Crippen LogP contribution in [0, 0.1) is 6.92 Å². The first-order valence-corrected chi connectivity index (χ1v) is 8.68. The van der Waals surface area contributed by atoms with Crippen LogP contribution in [0.1, 0.15) is 45.7 Å². The van der Waals surface area contributed by atoms with E-state index in [1.807, 2.05) is 33.0 Å². The second-order valence-electron chi connectivity index (χ2n) is 6.02. The Kier molecular flexibility index (Phi) is 8.71. The van der Waals surface area contributed by atoms with E-state index in [0.29, 0.717) is 19.2 Å². The molecule has 0 saturated heterocycles. The lowest BCUT2D eigenvalue weighted by Crippen LogP contribution is -2.32. The van der Waals surface area contributed by atoms with Crippen molar-refractivity contribution in [3.05, 3.63) is 23.9 Å². The zero-order valence-electron chi connectivity index (χ0n) is 15.7. The van der Waals surface area contributed by atoms with E-state index in [4.69, 9.17) is 15.2 Å². The summed E-state index contributed by atoms with van der Waals surface area (Å²) in [6, 6.07) is 1.93. The SMILES string of the molecule is CC/C=C\C(C)(OCCC)OCCCN(C)c1cc(C)nc(N)n1. The number of aryl methyl sites for hydroxylation is 1. The first-order valence-electron chi connectivity index (χ1n) is 8.68. The third kappa shape index (κ3) is 7.27. The lowest BCUT2D eigenvalue weighted by atomic mass is 10.2. The van der Waals surface area contributed by atoms with Crippen LogP contribution in [-0.4, -0.2) is 42.6 Å². The molecule has 6 heteroatoms. The van der Waals surface area contributed by atoms with Gasteiger partial charge in [0.1, 0.15) is 5.82 Å². The van der Waals surface area contributed by atoms with Gasteiger partial charge >= 0.3 is 0 Å². The highest BCUT2D eigenvalue weighted by Crippen LogP contribution is 2.17. The molecule has 1 aromatic heterocycles. The van der Waals surface area contributed by atoms with Crippen molar-refractivity contribution in [1.82, 2.24) is 9.97 Å². The highest BCUT2D eigenvalue weighted by Gasteiger charge is 2.21. The minimum absolute atomic E-state index is 0.304. The predicted octanol–water partition coefficient (Wildman–Crippen LogP) is 3.32. The van der Waals surface area contributed by atoms with Crippen LogP contribution >= 0.6 is 0 Å². The number of anilines is 2. The first kappa shape index (κ1) is 20.4. The largest absolute Gasteiger partial charge is 0.368 e. The van der Waals surface area contributed by atoms with Crippen LogP contribution in [0.3, 0.4) is 0 Å². The summed E-state index contributed by atoms with van der Waals surface area (Å²) in [4.78, 5) is 10.4. The van der Waals surface area contributed by atoms with Gasteiger partial charge in [-0.05, 0) is 39.2 Å². The van der Waals surface area contributed by atoms with E-state index in [-0.39, 0.29) is 0 Å². The molecule has 0 saturated carbocycles. The molecule has 24 heavy (non-hydrogen) atoms. The van der Waals surface area contributed by atoms with Crippen molar-refractivity contribution in [2.45, 2.75) is 52.7 Å². The van der Waals surface area contributed by atoms with Crippen LogP contribution in [0.15, 0.2) is 18.2 Å². The lowest BCUT2D eigenvalue weighted by molar-refractivity contribution is -0.192. The number of nitrogens with two attached hydrogens (primary N) is 1. The summed E-state index contributed by atoms with van der Waals surface area (Å²) in [5.41, 5.74) is 6.57. The van der Waals surface area contributed by atoms with Crippen molar-refractivity contribution in [2.24, 2.45) is 0 Å². The fourth-order valence-corrected chi connectivity index (χ4v) is 2.24. The molecule has 2 N–H and O–H groups in total. The Morgan fingerprint density at radius 1 is 1.25 bits per heavy atom. The van der Waals surface area contributed by atoms with Crippen molar-refractivity contribution in [1.29, 1.82) is 0 Å². The third-order valence-electron chi connectivity index (χ3n) is 3.52. The molecule has 0 aliphatic carbocycles. The van der Waals surface area contributed by atoms with Gasteiger partial charge in [0.05, 0.1) is 13.2 Å². The Hall–Kier alpha value is -1.66. The van der Waals surface area contributed by atoms with E-state index < -0.39 is 5.79 Å². The molecule has 0 fully saturated rings. The van der Waals surface area contributed by atoms with Crippen molar-refractivity contribution in [3.63, 3.8) is 0 Å². The molecule has 0 amide bonds. The Morgan fingerprint density at radius 3 is 2.58 bits per heavy atom. The normalized spacial score (nSPS) is 14.0. The van der Waals surface area contributed by atoms with Gasteiger partial charge in [0.25, 0.3) is 0 Å². The zero-order valence-corrected chi connectivity index (χ0v) is 15.7. The molecule has 1 rings (SSSR count). The summed E-state index contributed by atoms with van der Waals surface area (Å²) in [5.74, 6) is 0.481. The minimum atomic E-state index is -0.652. The van der Waals surface area contributed by atoms with Crippen LogP contribution in [0.2, 0.25) is 0 Å². The molecule has 0 spiro atoms. The summed E-state index contributed by atoms with van der Waals surface area (Å²) in [6.45, 7) is 10.2. The van der Waals surface area contributed by atoms with Gasteiger partial charge in [-0.25, -0.2) is 4.98 Å². The number of allylic oxidation sites excluding steroid dienone is 1. The summed E-state index contributed by atoms with van der Waals surface area (Å²) in [6.07, 6.45) is 6.88. The monoisotopic (exact) mass is 336 g/mol. The van der Waals surface area contributed by atoms with Gasteiger partial charge in [-0.15, -0.1) is 0 Å². The van der Waals surface area contributed by atoms with Crippen LogP contribution < -0.4 is 10.6 Å². The fraction of sp³-hybridized carbons (Fsp3) is 0.667. The Balaban J connectivity index is 2.48. The van der Waals surface area contributed by atoms with Gasteiger partial charge in [0.2, 0.25) is 5.95 Å². The quantitative estimate of drug-likeness (QED) is 0.380. The molecule has 1 atom stereocenters. The third-order valence-corrected chi connectivity index (χ3v) is 3.52. The maximum absolute atomic E-state index is 5.97. The van der Waals surface area contributed by atoms with Gasteiger partial charge < -0.3 is 20.1 Å². The van der Waals surface area contributed by atoms with Crippen LogP contribution in [0.4, 0.5) is 11.8 Å². The molecule has 0 aromatic carbocycles. The van der Waals surface area contributed by atoms with Gasteiger partial charge in [-0.3, -0.25) is 0 Å². The maximum atomic E-state index is 5.97. The van der Waals surface area contributed by atoms with Crippen molar-refractivity contribution < 1.29 is 9.47 Å². The van der Waals surface area contributed by atoms with Gasteiger partial charge in [0, 0.05) is 25.4 Å². The molecule has 1 unspecified atom stereocenters. The highest BCUT2D eigenvalue weighted by atomic mass is 16.7. The second kappa shape index (κ2) is 10.3. The van der Waals surface area contributed by atoms with E-state index in [2.05, 4.69) is 34.8 Å². The molecular formula is C18H32N4O2. The fourth-order valence-electron chi connectivity index (χ4n) is 2.24. The van der Waals surface area contributed by atoms with Crippen LogP contribution in [0.25, 0.3) is 0 Å². The van der Waals surface area contributed by atoms with Crippen molar-refractivity contribution in [2.75, 3.05) is 37.4 Å². The van der Waals surface area contributed by atoms with E-state index >= 15 is 0 Å². The minimum Gasteiger partial charge on any atom is -0.368 e. The second-order valence-corrected chi connectivity index (χ2v) is 6.02. The maximum Gasteiger partial charge on any atom is 0.222 e. The van der Waals surface area contributed by atoms with E-state index in [0.717, 1.165) is 37.3 Å². The number of hydrogen-bond acceptors (Lipinski definition) is 6. The summed E-state index contributed by atoms with van der Waals surface area (Å²) >= 11 is 0. The van der Waals surface area contributed by atoms with E-state index in [1.165, 1.54) is 0 Å². The summed E-state index contributed by atoms with van der Waals surface area (Å²) < 4.78 is 11.8. The molecule has 136 valence electrons. The Morgan fingerprint density at radius 2 is 1.96 bits per heavy atom. The van der Waals surface area contributed by atoms with E-state index in [1.54, 1.807) is 0 Å². The van der Waals surface area contributed by atoms with E-state index in [9.17, 15) is 0 Å². The summed E-state index contributed by atoms with van der Waals surface area (Å²) in [7, 11) is 1.99. The molecule has 0 aliphatic heterocycles. The molecule has 1 aromatic rings. The molecule has 0 radical (unpaired) electrons. The smallest absolute Gasteiger partial charge is 0.222 e. The number of nitrogens with zero attached hydrogens (tertiary/aromatic N) is 3. The predicted molar refractivity (Wildman–Crippen MR) is 99.1 cm³/mol. The molecule has 6 nitrogen and oxygen atoms in total. The van der Waals surface area contributed by atoms with Gasteiger partial charge in [0.15, 0.2) is 5.79 Å². The molecule has 0 aliphatic rings. The average molecular weight is 336 g/mol. The standard InChI is InChI=1S/C18H32N4O2/c1-6-8-10-18(4,23-12-7-2)24-13-9-11-22(5)16-14-15(3)20-17(19)21-16/h8,10,14H,6-7,9,11-13H2,1-5H3,(H2,19,20,21)/b10-8-. The molecular weight excluding hydrogens is 304 g/mol. The molecule has 1 heterocycles. The number of ether oxygens (including phenoxy) is 2. The van der Waals surface area contributed by atoms with Crippen molar-refractivity contribution >= 4 is 11.8 Å². The number of aromatic nitrogens is 2. The Labute approximate surface area is 146 Å². The van der Waals surface area contributed by atoms with Crippen LogP contribution in [-0.2, 0) is 9.47 Å². The molecule has 0 bridgehead atoms. The summed E-state index contributed by atoms with van der Waals surface area (Å²) in [5, 5.41) is 0. The first-order chi connectivity index (χ1) is 11.4. The topological polar surface area (TPSA) is 73.5 Å².